The number of hydrogen-bond acceptors (Lipinski definition) is 5. The highest BCUT2D eigenvalue weighted by Crippen LogP contribution is 2.18. The molecule has 26 heavy (non-hydrogen) atoms. The van der Waals surface area contributed by atoms with E-state index in [-0.39, 0.29) is 11.3 Å². The third-order valence-electron chi connectivity index (χ3n) is 3.46. The zero-order valence-electron chi connectivity index (χ0n) is 14.0. The van der Waals surface area contributed by atoms with E-state index in [0.29, 0.717) is 13.0 Å². The maximum absolute atomic E-state index is 11.7. The van der Waals surface area contributed by atoms with E-state index in [2.05, 4.69) is 5.32 Å². The van der Waals surface area contributed by atoms with Crippen LogP contribution in [0.3, 0.4) is 0 Å². The number of carbonyl (C=O) groups excluding carboxylic acids is 2. The van der Waals surface area contributed by atoms with E-state index in [9.17, 15) is 19.7 Å². The molecular weight excluding hydrogens is 336 g/mol. The average molecular weight is 354 g/mol. The highest BCUT2D eigenvalue weighted by Gasteiger charge is 2.10. The molecule has 0 fully saturated rings. The van der Waals surface area contributed by atoms with Crippen molar-refractivity contribution in [2.24, 2.45) is 0 Å². The van der Waals surface area contributed by atoms with Gasteiger partial charge in [-0.15, -0.1) is 0 Å². The highest BCUT2D eigenvalue weighted by molar-refractivity contribution is 5.89. The first-order valence-corrected chi connectivity index (χ1v) is 7.95. The van der Waals surface area contributed by atoms with Crippen LogP contribution in [0.1, 0.15) is 11.1 Å². The van der Waals surface area contributed by atoms with Crippen molar-refractivity contribution in [2.75, 3.05) is 13.2 Å². The second-order valence-corrected chi connectivity index (χ2v) is 5.34. The number of para-hydroxylation sites is 1. The summed E-state index contributed by atoms with van der Waals surface area (Å²) in [5.74, 6) is -1.16. The van der Waals surface area contributed by atoms with Crippen LogP contribution in [0, 0.1) is 10.1 Å². The molecule has 7 heteroatoms. The Kier molecular flexibility index (Phi) is 7.05. The monoisotopic (exact) mass is 354 g/mol. The fourth-order valence-corrected chi connectivity index (χ4v) is 2.18. The van der Waals surface area contributed by atoms with Gasteiger partial charge in [-0.05, 0) is 24.1 Å². The molecule has 0 aliphatic heterocycles. The molecule has 0 aromatic heterocycles. The molecule has 7 nitrogen and oxygen atoms in total. The van der Waals surface area contributed by atoms with Gasteiger partial charge in [0.25, 0.3) is 11.6 Å². The molecule has 0 heterocycles. The number of rotatable bonds is 8. The van der Waals surface area contributed by atoms with Gasteiger partial charge in [0.05, 0.1) is 10.5 Å². The topological polar surface area (TPSA) is 98.5 Å². The first kappa shape index (κ1) is 18.9. The van der Waals surface area contributed by atoms with Crippen molar-refractivity contribution in [1.82, 2.24) is 5.32 Å². The number of amides is 1. The summed E-state index contributed by atoms with van der Waals surface area (Å²) >= 11 is 0. The lowest BCUT2D eigenvalue weighted by molar-refractivity contribution is -0.385. The molecule has 0 atom stereocenters. The molecule has 0 bridgehead atoms. The van der Waals surface area contributed by atoms with Crippen LogP contribution in [0.25, 0.3) is 6.08 Å². The summed E-state index contributed by atoms with van der Waals surface area (Å²) in [5, 5.41) is 13.5. The van der Waals surface area contributed by atoms with Crippen molar-refractivity contribution in [3.8, 4) is 0 Å². The molecule has 0 aliphatic carbocycles. The van der Waals surface area contributed by atoms with Gasteiger partial charge in [0.2, 0.25) is 0 Å². The van der Waals surface area contributed by atoms with Crippen LogP contribution in [0.4, 0.5) is 5.69 Å². The molecule has 2 aromatic rings. The second-order valence-electron chi connectivity index (χ2n) is 5.34. The fourth-order valence-electron chi connectivity index (χ4n) is 2.18. The smallest absolute Gasteiger partial charge is 0.331 e. The largest absolute Gasteiger partial charge is 0.452 e. The Bertz CT molecular complexity index is 803. The molecule has 0 saturated heterocycles. The zero-order valence-corrected chi connectivity index (χ0v) is 14.0. The SMILES string of the molecule is O=C(COC(=O)/C=C/c1ccccc1[N+](=O)[O-])NCCc1ccccc1. The number of ether oxygens (including phenoxy) is 1. The quantitative estimate of drug-likeness (QED) is 0.340. The van der Waals surface area contributed by atoms with Crippen LogP contribution in [0.15, 0.2) is 60.7 Å². The van der Waals surface area contributed by atoms with Gasteiger partial charge in [-0.25, -0.2) is 4.79 Å². The van der Waals surface area contributed by atoms with Gasteiger partial charge < -0.3 is 10.1 Å². The van der Waals surface area contributed by atoms with Crippen molar-refractivity contribution in [3.63, 3.8) is 0 Å². The molecule has 0 saturated carbocycles. The second kappa shape index (κ2) is 9.73. The number of benzene rings is 2. The molecular formula is C19H18N2O5. The van der Waals surface area contributed by atoms with Gasteiger partial charge in [-0.1, -0.05) is 42.5 Å². The first-order valence-electron chi connectivity index (χ1n) is 7.95. The van der Waals surface area contributed by atoms with Gasteiger partial charge in [-0.2, -0.15) is 0 Å². The van der Waals surface area contributed by atoms with E-state index in [4.69, 9.17) is 4.74 Å². The van der Waals surface area contributed by atoms with Crippen LogP contribution in [0.5, 0.6) is 0 Å². The lowest BCUT2D eigenvalue weighted by Crippen LogP contribution is -2.30. The Morgan fingerprint density at radius 1 is 1.08 bits per heavy atom. The number of nitro groups is 1. The van der Waals surface area contributed by atoms with E-state index in [1.165, 1.54) is 24.3 Å². The highest BCUT2D eigenvalue weighted by atomic mass is 16.6. The van der Waals surface area contributed by atoms with Gasteiger partial charge in [0.15, 0.2) is 6.61 Å². The van der Waals surface area contributed by atoms with Gasteiger partial charge >= 0.3 is 5.97 Å². The molecule has 0 spiro atoms. The van der Waals surface area contributed by atoms with Gasteiger partial charge in [-0.3, -0.25) is 14.9 Å². The maximum atomic E-state index is 11.7. The number of carbonyl (C=O) groups is 2. The first-order chi connectivity index (χ1) is 12.6. The van der Waals surface area contributed by atoms with Crippen LogP contribution in [-0.2, 0) is 20.7 Å². The lowest BCUT2D eigenvalue weighted by Gasteiger charge is -2.05. The Labute approximate surface area is 150 Å². The number of nitrogens with zero attached hydrogens (tertiary/aromatic N) is 1. The number of nitro benzene ring substituents is 1. The number of esters is 1. The standard InChI is InChI=1S/C19H18N2O5/c22-18(20-13-12-15-6-2-1-3-7-15)14-26-19(23)11-10-16-8-4-5-9-17(16)21(24)25/h1-11H,12-14H2,(H,20,22)/b11-10+. The molecule has 1 N–H and O–H groups in total. The van der Waals surface area contributed by atoms with Crippen molar-refractivity contribution >= 4 is 23.6 Å². The normalized spacial score (nSPS) is 10.5. The summed E-state index contributed by atoms with van der Waals surface area (Å²) in [4.78, 5) is 33.6. The molecule has 0 radical (unpaired) electrons. The van der Waals surface area contributed by atoms with Crippen LogP contribution in [0.2, 0.25) is 0 Å². The Morgan fingerprint density at radius 3 is 2.50 bits per heavy atom. The molecule has 134 valence electrons. The Hall–Kier alpha value is -3.48. The molecule has 2 aromatic carbocycles. The Balaban J connectivity index is 1.74. The van der Waals surface area contributed by atoms with Gasteiger partial charge in [0, 0.05) is 18.7 Å². The van der Waals surface area contributed by atoms with Crippen LogP contribution in [-0.4, -0.2) is 30.0 Å². The van der Waals surface area contributed by atoms with E-state index in [1.54, 1.807) is 6.07 Å². The molecule has 2 rings (SSSR count). The summed E-state index contributed by atoms with van der Waals surface area (Å²) in [6.45, 7) is 0.0291. The predicted molar refractivity (Wildman–Crippen MR) is 96.2 cm³/mol. The fraction of sp³-hybridized carbons (Fsp3) is 0.158. The third kappa shape index (κ3) is 6.20. The zero-order chi connectivity index (χ0) is 18.8. The summed E-state index contributed by atoms with van der Waals surface area (Å²) < 4.78 is 4.82. The summed E-state index contributed by atoms with van der Waals surface area (Å²) in [5.41, 5.74) is 1.26. The van der Waals surface area contributed by atoms with E-state index < -0.39 is 23.4 Å². The third-order valence-corrected chi connectivity index (χ3v) is 3.46. The van der Waals surface area contributed by atoms with Gasteiger partial charge in [0.1, 0.15) is 0 Å². The van der Waals surface area contributed by atoms with E-state index in [1.807, 2.05) is 30.3 Å². The lowest BCUT2D eigenvalue weighted by atomic mass is 10.1. The minimum atomic E-state index is -0.749. The summed E-state index contributed by atoms with van der Waals surface area (Å²) in [6, 6.07) is 15.7. The van der Waals surface area contributed by atoms with Crippen molar-refractivity contribution < 1.29 is 19.2 Å². The van der Waals surface area contributed by atoms with E-state index in [0.717, 1.165) is 11.6 Å². The summed E-state index contributed by atoms with van der Waals surface area (Å²) in [6.07, 6.45) is 3.02. The van der Waals surface area contributed by atoms with Crippen molar-refractivity contribution in [3.05, 3.63) is 81.9 Å². The summed E-state index contributed by atoms with van der Waals surface area (Å²) in [7, 11) is 0. The predicted octanol–water partition coefficient (Wildman–Crippen LogP) is 2.51. The van der Waals surface area contributed by atoms with E-state index >= 15 is 0 Å². The molecule has 1 amide bonds. The molecule has 0 aliphatic rings. The van der Waals surface area contributed by atoms with Crippen LogP contribution < -0.4 is 5.32 Å². The van der Waals surface area contributed by atoms with Crippen LogP contribution >= 0.6 is 0 Å². The minimum Gasteiger partial charge on any atom is -0.452 e. The minimum absolute atomic E-state index is 0.116. The van der Waals surface area contributed by atoms with Crippen molar-refractivity contribution in [1.29, 1.82) is 0 Å². The Morgan fingerprint density at radius 2 is 1.77 bits per heavy atom. The maximum Gasteiger partial charge on any atom is 0.331 e. The number of nitrogens with one attached hydrogen (secondary N) is 1. The average Bonchev–Trinajstić information content (AvgIpc) is 2.65. The number of hydrogen-bond donors (Lipinski definition) is 1. The van der Waals surface area contributed by atoms with Crippen molar-refractivity contribution in [2.45, 2.75) is 6.42 Å². The molecule has 0 unspecified atom stereocenters.